The van der Waals surface area contributed by atoms with Crippen LogP contribution in [-0.4, -0.2) is 54.4 Å². The van der Waals surface area contributed by atoms with Gasteiger partial charge in [0.05, 0.1) is 16.1 Å². The molecule has 0 N–H and O–H groups in total. The van der Waals surface area contributed by atoms with Gasteiger partial charge in [-0.3, -0.25) is 14.5 Å². The summed E-state index contributed by atoms with van der Waals surface area (Å²) in [7, 11) is 0. The molecule has 1 aliphatic rings. The molecule has 2 aromatic carbocycles. The minimum absolute atomic E-state index is 0. The molecule has 0 saturated carbocycles. The van der Waals surface area contributed by atoms with Crippen LogP contribution in [0.5, 0.6) is 0 Å². The Kier molecular flexibility index (Phi) is 8.57. The highest BCUT2D eigenvalue weighted by atomic mass is 35.5. The van der Waals surface area contributed by atoms with Crippen molar-refractivity contribution in [2.75, 3.05) is 42.5 Å². The van der Waals surface area contributed by atoms with Crippen LogP contribution >= 0.6 is 23.7 Å². The molecule has 0 radical (unpaired) electrons. The third-order valence-electron chi connectivity index (χ3n) is 5.98. The van der Waals surface area contributed by atoms with Crippen molar-refractivity contribution in [3.8, 4) is 0 Å². The molecular weight excluding hydrogens is 482 g/mol. The maximum Gasteiger partial charge on any atom is 0.234 e. The normalized spacial score (nSPS) is 15.7. The minimum Gasteiger partial charge on any atom is -0.312 e. The topological polar surface area (TPSA) is 56.8 Å². The molecule has 0 aliphatic carbocycles. The van der Waals surface area contributed by atoms with E-state index in [1.165, 1.54) is 40.5 Å². The number of hydrogen-bond acceptors (Lipinski definition) is 5. The van der Waals surface area contributed by atoms with Gasteiger partial charge in [-0.2, -0.15) is 0 Å². The summed E-state index contributed by atoms with van der Waals surface area (Å²) in [5.74, 6) is -1.62. The molecule has 1 aliphatic heterocycles. The van der Waals surface area contributed by atoms with Gasteiger partial charge in [0, 0.05) is 31.7 Å². The van der Waals surface area contributed by atoms with Crippen molar-refractivity contribution in [1.82, 2.24) is 9.88 Å². The molecule has 2 amide bonds. The van der Waals surface area contributed by atoms with Gasteiger partial charge in [-0.15, -0.1) is 12.4 Å². The smallest absolute Gasteiger partial charge is 0.234 e. The summed E-state index contributed by atoms with van der Waals surface area (Å²) in [6, 6.07) is 10.1. The molecule has 182 valence electrons. The molecule has 0 bridgehead atoms. The molecule has 1 unspecified atom stereocenters. The zero-order valence-electron chi connectivity index (χ0n) is 19.0. The lowest BCUT2D eigenvalue weighted by Crippen LogP contribution is -2.42. The predicted octanol–water partition coefficient (Wildman–Crippen LogP) is 4.72. The summed E-state index contributed by atoms with van der Waals surface area (Å²) in [6.07, 6.45) is 0.0809. The van der Waals surface area contributed by atoms with Crippen LogP contribution in [-0.2, 0) is 9.59 Å². The largest absolute Gasteiger partial charge is 0.312 e. The summed E-state index contributed by atoms with van der Waals surface area (Å²) in [4.78, 5) is 36.2. The number of aromatic nitrogens is 1. The van der Waals surface area contributed by atoms with Crippen LogP contribution in [0.2, 0.25) is 0 Å². The Morgan fingerprint density at radius 1 is 1.09 bits per heavy atom. The van der Waals surface area contributed by atoms with E-state index >= 15 is 0 Å². The minimum atomic E-state index is -0.539. The van der Waals surface area contributed by atoms with Gasteiger partial charge in [-0.05, 0) is 55.6 Å². The van der Waals surface area contributed by atoms with E-state index in [9.17, 15) is 18.4 Å². The van der Waals surface area contributed by atoms with Crippen LogP contribution in [0.15, 0.2) is 42.5 Å². The number of rotatable bonds is 8. The summed E-state index contributed by atoms with van der Waals surface area (Å²) in [5, 5.41) is 0.500. The van der Waals surface area contributed by atoms with E-state index in [4.69, 9.17) is 0 Å². The Morgan fingerprint density at radius 3 is 2.44 bits per heavy atom. The van der Waals surface area contributed by atoms with E-state index in [2.05, 4.69) is 23.7 Å². The Balaban J connectivity index is 0.00000324. The monoisotopic (exact) mass is 508 g/mol. The Morgan fingerprint density at radius 2 is 1.76 bits per heavy atom. The second kappa shape index (κ2) is 11.2. The Hall–Kier alpha value is -2.62. The summed E-state index contributed by atoms with van der Waals surface area (Å²) in [6.45, 7) is 7.13. The van der Waals surface area contributed by atoms with Gasteiger partial charge in [-0.25, -0.2) is 13.8 Å². The van der Waals surface area contributed by atoms with Crippen LogP contribution in [0.25, 0.3) is 10.2 Å². The molecule has 1 aromatic heterocycles. The molecule has 0 spiro atoms. The van der Waals surface area contributed by atoms with Crippen molar-refractivity contribution in [2.24, 2.45) is 5.92 Å². The second-order valence-electron chi connectivity index (χ2n) is 8.01. The zero-order chi connectivity index (χ0) is 23.5. The van der Waals surface area contributed by atoms with Crippen molar-refractivity contribution in [1.29, 1.82) is 0 Å². The lowest BCUT2D eigenvalue weighted by Gasteiger charge is -2.26. The highest BCUT2D eigenvalue weighted by Gasteiger charge is 2.38. The fourth-order valence-electron chi connectivity index (χ4n) is 4.05. The van der Waals surface area contributed by atoms with Gasteiger partial charge in [-0.1, -0.05) is 25.2 Å². The van der Waals surface area contributed by atoms with E-state index < -0.39 is 5.92 Å². The summed E-state index contributed by atoms with van der Waals surface area (Å²) in [5.41, 5.74) is 1.20. The first-order valence-electron chi connectivity index (χ1n) is 11.0. The highest BCUT2D eigenvalue weighted by Crippen LogP contribution is 2.32. The molecular formula is C24H27ClF2N4O2S. The van der Waals surface area contributed by atoms with Gasteiger partial charge in [0.1, 0.15) is 11.6 Å². The zero-order valence-corrected chi connectivity index (χ0v) is 20.7. The molecule has 1 fully saturated rings. The number of amides is 2. The average Bonchev–Trinajstić information content (AvgIpc) is 3.40. The van der Waals surface area contributed by atoms with Gasteiger partial charge >= 0.3 is 0 Å². The fourth-order valence-corrected chi connectivity index (χ4v) is 5.07. The molecule has 6 nitrogen and oxygen atoms in total. The predicted molar refractivity (Wildman–Crippen MR) is 134 cm³/mol. The van der Waals surface area contributed by atoms with E-state index in [1.807, 2.05) is 0 Å². The SMILES string of the molecule is CCN(CC)CCN(C(=O)C1CC(=O)N(c2ccc(F)cc2)C1)c1nc2ccc(F)cc2s1.Cl. The van der Waals surface area contributed by atoms with Gasteiger partial charge < -0.3 is 9.80 Å². The van der Waals surface area contributed by atoms with E-state index in [-0.39, 0.29) is 48.8 Å². The van der Waals surface area contributed by atoms with Crippen molar-refractivity contribution in [3.63, 3.8) is 0 Å². The lowest BCUT2D eigenvalue weighted by molar-refractivity contribution is -0.124. The number of anilines is 2. The van der Waals surface area contributed by atoms with Crippen LogP contribution < -0.4 is 9.80 Å². The molecule has 1 atom stereocenters. The fraction of sp³-hybridized carbons (Fsp3) is 0.375. The van der Waals surface area contributed by atoms with E-state index in [1.54, 1.807) is 23.1 Å². The molecule has 10 heteroatoms. The number of likely N-dealkylation sites (N-methyl/N-ethyl adjacent to an activating group) is 1. The number of halogens is 3. The first-order chi connectivity index (χ1) is 15.9. The van der Waals surface area contributed by atoms with Crippen LogP contribution in [0.1, 0.15) is 20.3 Å². The molecule has 3 aromatic rings. The van der Waals surface area contributed by atoms with Crippen molar-refractivity contribution < 1.29 is 18.4 Å². The molecule has 34 heavy (non-hydrogen) atoms. The van der Waals surface area contributed by atoms with E-state index in [0.29, 0.717) is 34.1 Å². The molecule has 4 rings (SSSR count). The number of benzene rings is 2. The number of carbonyl (C=O) groups excluding carboxylic acids is 2. The van der Waals surface area contributed by atoms with Crippen molar-refractivity contribution in [3.05, 3.63) is 54.1 Å². The maximum absolute atomic E-state index is 13.7. The molecule has 2 heterocycles. The van der Waals surface area contributed by atoms with Crippen LogP contribution in [0.4, 0.5) is 19.6 Å². The number of thiazole rings is 1. The van der Waals surface area contributed by atoms with Crippen molar-refractivity contribution in [2.45, 2.75) is 20.3 Å². The Labute approximate surface area is 207 Å². The van der Waals surface area contributed by atoms with Gasteiger partial charge in [0.25, 0.3) is 0 Å². The van der Waals surface area contributed by atoms with Gasteiger partial charge in [0.2, 0.25) is 11.8 Å². The third-order valence-corrected chi connectivity index (χ3v) is 7.02. The summed E-state index contributed by atoms with van der Waals surface area (Å²) < 4.78 is 27.7. The second-order valence-corrected chi connectivity index (χ2v) is 9.02. The highest BCUT2D eigenvalue weighted by molar-refractivity contribution is 7.22. The lowest BCUT2D eigenvalue weighted by atomic mass is 10.1. The number of nitrogens with zero attached hydrogens (tertiary/aromatic N) is 4. The number of fused-ring (bicyclic) bond motifs is 1. The van der Waals surface area contributed by atoms with Crippen LogP contribution in [0, 0.1) is 17.6 Å². The standard InChI is InChI=1S/C24H26F2N4O2S.ClH/c1-3-28(4-2)11-12-29(24-27-20-10-7-18(26)14-21(20)33-24)23(32)16-13-22(31)30(15-16)19-8-5-17(25)6-9-19;/h5-10,14,16H,3-4,11-13,15H2,1-2H3;1H. The van der Waals surface area contributed by atoms with Crippen molar-refractivity contribution >= 4 is 56.6 Å². The summed E-state index contributed by atoms with van der Waals surface area (Å²) >= 11 is 1.27. The maximum atomic E-state index is 13.7. The van der Waals surface area contributed by atoms with Gasteiger partial charge in [0.15, 0.2) is 5.13 Å². The third kappa shape index (κ3) is 5.54. The average molecular weight is 509 g/mol. The number of hydrogen-bond donors (Lipinski definition) is 0. The number of carbonyl (C=O) groups is 2. The molecule has 1 saturated heterocycles. The first kappa shape index (κ1) is 26.0. The van der Waals surface area contributed by atoms with E-state index in [0.717, 1.165) is 13.1 Å². The first-order valence-corrected chi connectivity index (χ1v) is 11.9. The quantitative estimate of drug-likeness (QED) is 0.441. The van der Waals surface area contributed by atoms with Crippen LogP contribution in [0.3, 0.4) is 0 Å². The Bertz CT molecular complexity index is 1150.